The third kappa shape index (κ3) is 5.22. The number of benzene rings is 1. The molecule has 0 fully saturated rings. The Bertz CT molecular complexity index is 917. The number of nitrogens with one attached hydrogen (secondary N) is 1. The number of rotatable bonds is 9. The Labute approximate surface area is 162 Å². The van der Waals surface area contributed by atoms with E-state index in [9.17, 15) is 13.6 Å². The van der Waals surface area contributed by atoms with Crippen LogP contribution < -0.4 is 14.8 Å². The molecule has 0 aliphatic rings. The maximum absolute atomic E-state index is 12.3. The van der Waals surface area contributed by atoms with Crippen molar-refractivity contribution in [1.82, 2.24) is 15.5 Å². The number of furan rings is 1. The van der Waals surface area contributed by atoms with Gasteiger partial charge in [-0.2, -0.15) is 8.78 Å². The normalized spacial score (nSPS) is 10.9. The molecule has 0 aliphatic carbocycles. The van der Waals surface area contributed by atoms with E-state index in [1.54, 1.807) is 18.2 Å². The second kappa shape index (κ2) is 9.22. The van der Waals surface area contributed by atoms with E-state index in [-0.39, 0.29) is 40.8 Å². The number of hydrogen-bond acceptors (Lipinski definition) is 8. The first-order valence-corrected chi connectivity index (χ1v) is 8.92. The average Bonchev–Trinajstić information content (AvgIpc) is 3.36. The fourth-order valence-corrected chi connectivity index (χ4v) is 2.76. The van der Waals surface area contributed by atoms with Crippen molar-refractivity contribution in [3.63, 3.8) is 0 Å². The van der Waals surface area contributed by atoms with Crippen molar-refractivity contribution in [2.45, 2.75) is 18.4 Å². The smallest absolute Gasteiger partial charge is 0.387 e. The highest BCUT2D eigenvalue weighted by Crippen LogP contribution is 2.29. The van der Waals surface area contributed by atoms with E-state index < -0.39 is 6.61 Å². The number of aromatic nitrogens is 2. The second-order valence-corrected chi connectivity index (χ2v) is 6.21. The summed E-state index contributed by atoms with van der Waals surface area (Å²) in [5, 5.41) is 10.6. The minimum atomic E-state index is -2.95. The maximum Gasteiger partial charge on any atom is 0.387 e. The summed E-state index contributed by atoms with van der Waals surface area (Å²) in [7, 11) is 1.34. The SMILES string of the molecule is COc1cc(CNC(=O)CSc2nnc(-c3ccco3)o2)ccc1OC(F)F. The number of ether oxygens (including phenoxy) is 2. The number of carbonyl (C=O) groups is 1. The molecule has 0 saturated carbocycles. The van der Waals surface area contributed by atoms with Gasteiger partial charge in [-0.25, -0.2) is 0 Å². The van der Waals surface area contributed by atoms with Gasteiger partial charge in [0.15, 0.2) is 17.3 Å². The Morgan fingerprint density at radius 3 is 2.86 bits per heavy atom. The molecular formula is C17H15F2N3O5S. The highest BCUT2D eigenvalue weighted by molar-refractivity contribution is 7.99. The molecule has 148 valence electrons. The van der Waals surface area contributed by atoms with Gasteiger partial charge in [-0.15, -0.1) is 10.2 Å². The van der Waals surface area contributed by atoms with Crippen LogP contribution in [0.3, 0.4) is 0 Å². The Morgan fingerprint density at radius 1 is 1.29 bits per heavy atom. The molecule has 0 radical (unpaired) electrons. The number of carbonyl (C=O) groups excluding carboxylic acids is 1. The number of alkyl halides is 2. The minimum Gasteiger partial charge on any atom is -0.493 e. The van der Waals surface area contributed by atoms with E-state index in [4.69, 9.17) is 13.6 Å². The number of halogens is 2. The molecule has 2 aromatic heterocycles. The summed E-state index contributed by atoms with van der Waals surface area (Å²) in [4.78, 5) is 12.0. The summed E-state index contributed by atoms with van der Waals surface area (Å²) in [5.41, 5.74) is 0.662. The molecule has 28 heavy (non-hydrogen) atoms. The van der Waals surface area contributed by atoms with Gasteiger partial charge in [0.1, 0.15) is 0 Å². The van der Waals surface area contributed by atoms with Gasteiger partial charge < -0.3 is 23.6 Å². The van der Waals surface area contributed by atoms with Gasteiger partial charge in [0, 0.05) is 6.54 Å². The molecule has 1 N–H and O–H groups in total. The van der Waals surface area contributed by atoms with E-state index in [1.807, 2.05) is 0 Å². The van der Waals surface area contributed by atoms with Crippen LogP contribution in [0.5, 0.6) is 11.5 Å². The molecule has 11 heteroatoms. The van der Waals surface area contributed by atoms with Gasteiger partial charge in [-0.1, -0.05) is 17.8 Å². The Kier molecular flexibility index (Phi) is 6.48. The first kappa shape index (κ1) is 19.7. The van der Waals surface area contributed by atoms with Crippen LogP contribution in [0.1, 0.15) is 5.56 Å². The van der Waals surface area contributed by atoms with Crippen LogP contribution in [-0.2, 0) is 11.3 Å². The van der Waals surface area contributed by atoms with Gasteiger partial charge in [-0.3, -0.25) is 4.79 Å². The highest BCUT2D eigenvalue weighted by Gasteiger charge is 2.14. The molecule has 8 nitrogen and oxygen atoms in total. The van der Waals surface area contributed by atoms with Gasteiger partial charge in [0.25, 0.3) is 11.1 Å². The third-order valence-electron chi connectivity index (χ3n) is 3.40. The van der Waals surface area contributed by atoms with E-state index in [0.717, 1.165) is 11.8 Å². The molecule has 0 unspecified atom stereocenters. The van der Waals surface area contributed by atoms with Crippen LogP contribution in [0.25, 0.3) is 11.7 Å². The van der Waals surface area contributed by atoms with Crippen molar-refractivity contribution < 1.29 is 31.9 Å². The van der Waals surface area contributed by atoms with Gasteiger partial charge >= 0.3 is 6.61 Å². The number of methoxy groups -OCH3 is 1. The lowest BCUT2D eigenvalue weighted by molar-refractivity contribution is -0.118. The van der Waals surface area contributed by atoms with Crippen molar-refractivity contribution in [2.75, 3.05) is 12.9 Å². The topological polar surface area (TPSA) is 99.6 Å². The summed E-state index contributed by atoms with van der Waals surface area (Å²) < 4.78 is 44.6. The fraction of sp³-hybridized carbons (Fsp3) is 0.235. The summed E-state index contributed by atoms with van der Waals surface area (Å²) in [6.45, 7) is -2.76. The summed E-state index contributed by atoms with van der Waals surface area (Å²) in [6.07, 6.45) is 1.49. The van der Waals surface area contributed by atoms with Gasteiger partial charge in [-0.05, 0) is 29.8 Å². The van der Waals surface area contributed by atoms with Crippen LogP contribution >= 0.6 is 11.8 Å². The number of thioether (sulfide) groups is 1. The molecule has 0 atom stereocenters. The molecule has 2 heterocycles. The van der Waals surface area contributed by atoms with Crippen molar-refractivity contribution in [2.24, 2.45) is 0 Å². The zero-order chi connectivity index (χ0) is 19.9. The second-order valence-electron chi connectivity index (χ2n) is 5.28. The zero-order valence-corrected chi connectivity index (χ0v) is 15.4. The van der Waals surface area contributed by atoms with E-state index in [0.29, 0.717) is 11.3 Å². The predicted molar refractivity (Wildman–Crippen MR) is 94.2 cm³/mol. The highest BCUT2D eigenvalue weighted by atomic mass is 32.2. The quantitative estimate of drug-likeness (QED) is 0.535. The van der Waals surface area contributed by atoms with Crippen LogP contribution in [0.2, 0.25) is 0 Å². The van der Waals surface area contributed by atoms with Gasteiger partial charge in [0.2, 0.25) is 5.91 Å². The van der Waals surface area contributed by atoms with Crippen molar-refractivity contribution in [3.05, 3.63) is 42.2 Å². The van der Waals surface area contributed by atoms with Gasteiger partial charge in [0.05, 0.1) is 19.1 Å². The van der Waals surface area contributed by atoms with Crippen LogP contribution in [0, 0.1) is 0 Å². The van der Waals surface area contributed by atoms with Crippen LogP contribution in [-0.4, -0.2) is 35.6 Å². The molecule has 0 saturated heterocycles. The summed E-state index contributed by atoms with van der Waals surface area (Å²) in [6, 6.07) is 7.80. The summed E-state index contributed by atoms with van der Waals surface area (Å²) >= 11 is 1.08. The molecule has 0 bridgehead atoms. The summed E-state index contributed by atoms with van der Waals surface area (Å²) in [5.74, 6) is 0.533. The molecular weight excluding hydrogens is 396 g/mol. The Balaban J connectivity index is 1.49. The minimum absolute atomic E-state index is 0.0590. The monoisotopic (exact) mass is 411 g/mol. The lowest BCUT2D eigenvalue weighted by Crippen LogP contribution is -2.24. The van der Waals surface area contributed by atoms with Crippen LogP contribution in [0.4, 0.5) is 8.78 Å². The number of amides is 1. The molecule has 0 spiro atoms. The Morgan fingerprint density at radius 2 is 2.14 bits per heavy atom. The number of hydrogen-bond donors (Lipinski definition) is 1. The average molecular weight is 411 g/mol. The van der Waals surface area contributed by atoms with E-state index in [2.05, 4.69) is 20.3 Å². The van der Waals surface area contributed by atoms with E-state index >= 15 is 0 Å². The third-order valence-corrected chi connectivity index (χ3v) is 4.22. The number of nitrogens with zero attached hydrogens (tertiary/aromatic N) is 2. The maximum atomic E-state index is 12.3. The molecule has 1 amide bonds. The van der Waals surface area contributed by atoms with Crippen molar-refractivity contribution >= 4 is 17.7 Å². The molecule has 3 aromatic rings. The molecule has 3 rings (SSSR count). The first-order valence-electron chi connectivity index (χ1n) is 7.93. The largest absolute Gasteiger partial charge is 0.493 e. The zero-order valence-electron chi connectivity index (χ0n) is 14.6. The molecule has 1 aromatic carbocycles. The van der Waals surface area contributed by atoms with Crippen LogP contribution in [0.15, 0.2) is 50.7 Å². The van der Waals surface area contributed by atoms with Crippen molar-refractivity contribution in [1.29, 1.82) is 0 Å². The van der Waals surface area contributed by atoms with Crippen molar-refractivity contribution in [3.8, 4) is 23.1 Å². The lowest BCUT2D eigenvalue weighted by Gasteiger charge is -2.11. The first-order chi connectivity index (χ1) is 13.5. The van der Waals surface area contributed by atoms with E-state index in [1.165, 1.54) is 25.5 Å². The predicted octanol–water partition coefficient (Wildman–Crippen LogP) is 3.35. The Hall–Kier alpha value is -3.08. The fourth-order valence-electron chi connectivity index (χ4n) is 2.16. The standard InChI is InChI=1S/C17H15F2N3O5S/c1-24-13-7-10(4-5-11(13)26-16(18)19)8-20-14(23)9-28-17-22-21-15(27-17)12-3-2-6-25-12/h2-7,16H,8-9H2,1H3,(H,20,23). The molecule has 0 aliphatic heterocycles. The lowest BCUT2D eigenvalue weighted by atomic mass is 10.2.